The van der Waals surface area contributed by atoms with Gasteiger partial charge in [0.15, 0.2) is 0 Å². The van der Waals surface area contributed by atoms with Crippen LogP contribution in [0.2, 0.25) is 0 Å². The van der Waals surface area contributed by atoms with Gasteiger partial charge in [-0.1, -0.05) is 12.1 Å². The second kappa shape index (κ2) is 5.21. The van der Waals surface area contributed by atoms with Crippen LogP contribution in [0, 0.1) is 16.5 Å². The lowest BCUT2D eigenvalue weighted by atomic mass is 10.1. The fourth-order valence-electron chi connectivity index (χ4n) is 1.49. The summed E-state index contributed by atoms with van der Waals surface area (Å²) in [4.78, 5) is 14.0. The normalized spacial score (nSPS) is 10.1. The molecule has 4 nitrogen and oxygen atoms in total. The lowest BCUT2D eigenvalue weighted by molar-refractivity contribution is -0.384. The van der Waals surface area contributed by atoms with Crippen molar-refractivity contribution in [1.29, 1.82) is 0 Å². The van der Waals surface area contributed by atoms with E-state index >= 15 is 0 Å². The lowest BCUT2D eigenvalue weighted by Gasteiger charge is -2.01. The van der Waals surface area contributed by atoms with E-state index in [0.717, 1.165) is 17.5 Å². The van der Waals surface area contributed by atoms with Gasteiger partial charge in [0.05, 0.1) is 4.92 Å². The first-order chi connectivity index (χ1) is 8.25. The average molecular weight is 227 g/mol. The van der Waals surface area contributed by atoms with Crippen LogP contribution < -0.4 is 0 Å². The number of nitro groups is 1. The molecule has 0 amide bonds. The Balaban J connectivity index is 1.98. The molecule has 2 aromatic rings. The highest BCUT2D eigenvalue weighted by atomic mass is 16.6. The minimum atomic E-state index is -0.393. The van der Waals surface area contributed by atoms with E-state index < -0.39 is 4.92 Å². The van der Waals surface area contributed by atoms with Gasteiger partial charge in [-0.05, 0) is 36.1 Å². The molecule has 4 heteroatoms. The largest absolute Gasteiger partial charge is 0.269 e. The molecule has 0 unspecified atom stereocenters. The van der Waals surface area contributed by atoms with Crippen molar-refractivity contribution in [3.8, 4) is 0 Å². The van der Waals surface area contributed by atoms with Crippen molar-refractivity contribution < 1.29 is 4.92 Å². The molecule has 0 aliphatic rings. The Kier molecular flexibility index (Phi) is 3.45. The second-order valence-corrected chi connectivity index (χ2v) is 3.61. The van der Waals surface area contributed by atoms with Crippen LogP contribution >= 0.6 is 0 Å². The third-order valence-corrected chi connectivity index (χ3v) is 2.43. The molecule has 0 bridgehead atoms. The molecule has 0 N–H and O–H groups in total. The van der Waals surface area contributed by atoms with Crippen molar-refractivity contribution in [2.75, 3.05) is 0 Å². The molecule has 0 saturated carbocycles. The maximum Gasteiger partial charge on any atom is 0.269 e. The summed E-state index contributed by atoms with van der Waals surface area (Å²) in [5.41, 5.74) is 2.27. The van der Waals surface area contributed by atoms with E-state index in [1.54, 1.807) is 24.5 Å². The fourth-order valence-corrected chi connectivity index (χ4v) is 1.49. The standard InChI is InChI=1S/C13H11N2O2/c16-15(17)13-5-3-11(4-6-13)1-2-12-7-9-14-10-8-12/h2-10H,1H2. The van der Waals surface area contributed by atoms with Crippen LogP contribution in [0.25, 0.3) is 0 Å². The van der Waals surface area contributed by atoms with Crippen LogP contribution in [0.15, 0.2) is 48.8 Å². The van der Waals surface area contributed by atoms with Gasteiger partial charge in [-0.25, -0.2) is 0 Å². The Labute approximate surface area is 99.1 Å². The Morgan fingerprint density at radius 2 is 1.76 bits per heavy atom. The molecule has 85 valence electrons. The zero-order chi connectivity index (χ0) is 12.1. The van der Waals surface area contributed by atoms with Gasteiger partial charge in [-0.15, -0.1) is 0 Å². The minimum Gasteiger partial charge on any atom is -0.265 e. The first kappa shape index (κ1) is 11.3. The smallest absolute Gasteiger partial charge is 0.265 e. The third-order valence-electron chi connectivity index (χ3n) is 2.43. The van der Waals surface area contributed by atoms with Crippen LogP contribution in [0.5, 0.6) is 0 Å². The van der Waals surface area contributed by atoms with Crippen molar-refractivity contribution in [3.05, 3.63) is 76.5 Å². The highest BCUT2D eigenvalue weighted by Crippen LogP contribution is 2.14. The number of nitrogens with zero attached hydrogens (tertiary/aromatic N) is 2. The molecule has 1 aromatic heterocycles. The van der Waals surface area contributed by atoms with Gasteiger partial charge < -0.3 is 0 Å². The molecule has 0 aliphatic carbocycles. The molecule has 0 atom stereocenters. The molecule has 0 fully saturated rings. The maximum atomic E-state index is 10.5. The highest BCUT2D eigenvalue weighted by molar-refractivity contribution is 5.34. The summed E-state index contributed by atoms with van der Waals surface area (Å²) >= 11 is 0. The maximum absolute atomic E-state index is 10.5. The predicted octanol–water partition coefficient (Wildman–Crippen LogP) is 2.78. The zero-order valence-corrected chi connectivity index (χ0v) is 9.11. The van der Waals surface area contributed by atoms with E-state index in [1.165, 1.54) is 12.1 Å². The number of hydrogen-bond acceptors (Lipinski definition) is 3. The second-order valence-electron chi connectivity index (χ2n) is 3.61. The summed E-state index contributed by atoms with van der Waals surface area (Å²) in [6, 6.07) is 10.4. The number of pyridine rings is 1. The average Bonchev–Trinajstić information content (AvgIpc) is 2.38. The van der Waals surface area contributed by atoms with Gasteiger partial charge in [0.2, 0.25) is 0 Å². The van der Waals surface area contributed by atoms with E-state index in [4.69, 9.17) is 0 Å². The summed E-state index contributed by atoms with van der Waals surface area (Å²) in [5, 5.41) is 10.5. The molecular formula is C13H11N2O2. The quantitative estimate of drug-likeness (QED) is 0.596. The Morgan fingerprint density at radius 3 is 2.35 bits per heavy atom. The number of non-ortho nitro benzene ring substituents is 1. The van der Waals surface area contributed by atoms with Crippen LogP contribution in [-0.2, 0) is 6.42 Å². The number of hydrogen-bond donors (Lipinski definition) is 0. The molecule has 1 aromatic carbocycles. The van der Waals surface area contributed by atoms with Gasteiger partial charge in [-0.3, -0.25) is 15.1 Å². The van der Waals surface area contributed by atoms with Crippen LogP contribution in [0.1, 0.15) is 11.1 Å². The molecule has 2 rings (SSSR count). The van der Waals surface area contributed by atoms with Gasteiger partial charge in [0, 0.05) is 24.5 Å². The SMILES string of the molecule is O=[N+]([O-])c1ccc(C[CH]c2ccncc2)cc1. The summed E-state index contributed by atoms with van der Waals surface area (Å²) in [5.74, 6) is 0. The number of rotatable bonds is 4. The molecular weight excluding hydrogens is 216 g/mol. The highest BCUT2D eigenvalue weighted by Gasteiger charge is 2.03. The first-order valence-electron chi connectivity index (χ1n) is 5.22. The van der Waals surface area contributed by atoms with Crippen molar-refractivity contribution in [2.45, 2.75) is 6.42 Å². The van der Waals surface area contributed by atoms with Crippen molar-refractivity contribution in [2.24, 2.45) is 0 Å². The van der Waals surface area contributed by atoms with Gasteiger partial charge in [0.1, 0.15) is 0 Å². The fraction of sp³-hybridized carbons (Fsp3) is 0.0769. The van der Waals surface area contributed by atoms with Crippen LogP contribution in [-0.4, -0.2) is 9.91 Å². The Hall–Kier alpha value is -2.23. The monoisotopic (exact) mass is 227 g/mol. The van der Waals surface area contributed by atoms with Crippen molar-refractivity contribution in [1.82, 2.24) is 4.98 Å². The summed E-state index contributed by atoms with van der Waals surface area (Å²) < 4.78 is 0. The third kappa shape index (κ3) is 3.11. The van der Waals surface area contributed by atoms with Crippen molar-refractivity contribution >= 4 is 5.69 Å². The van der Waals surface area contributed by atoms with Crippen molar-refractivity contribution in [3.63, 3.8) is 0 Å². The Bertz CT molecular complexity index is 495. The Morgan fingerprint density at radius 1 is 1.12 bits per heavy atom. The zero-order valence-electron chi connectivity index (χ0n) is 9.11. The lowest BCUT2D eigenvalue weighted by Crippen LogP contribution is -1.91. The minimum absolute atomic E-state index is 0.123. The summed E-state index contributed by atoms with van der Waals surface area (Å²) in [6.07, 6.45) is 6.29. The number of benzene rings is 1. The summed E-state index contributed by atoms with van der Waals surface area (Å²) in [6.45, 7) is 0. The summed E-state index contributed by atoms with van der Waals surface area (Å²) in [7, 11) is 0. The molecule has 0 spiro atoms. The molecule has 1 radical (unpaired) electrons. The number of nitro benzene ring substituents is 1. The van der Waals surface area contributed by atoms with E-state index in [0.29, 0.717) is 0 Å². The van der Waals surface area contributed by atoms with Gasteiger partial charge in [0.25, 0.3) is 5.69 Å². The van der Waals surface area contributed by atoms with Gasteiger partial charge in [-0.2, -0.15) is 0 Å². The van der Waals surface area contributed by atoms with Crippen LogP contribution in [0.4, 0.5) is 5.69 Å². The first-order valence-corrected chi connectivity index (χ1v) is 5.22. The molecule has 0 saturated heterocycles. The molecule has 1 heterocycles. The predicted molar refractivity (Wildman–Crippen MR) is 64.4 cm³/mol. The molecule has 0 aliphatic heterocycles. The van der Waals surface area contributed by atoms with E-state index in [2.05, 4.69) is 11.4 Å². The topological polar surface area (TPSA) is 56.0 Å². The number of aromatic nitrogens is 1. The van der Waals surface area contributed by atoms with E-state index in [9.17, 15) is 10.1 Å². The van der Waals surface area contributed by atoms with Gasteiger partial charge >= 0.3 is 0 Å². The van der Waals surface area contributed by atoms with E-state index in [1.807, 2.05) is 12.1 Å². The molecule has 17 heavy (non-hydrogen) atoms. The van der Waals surface area contributed by atoms with E-state index in [-0.39, 0.29) is 5.69 Å². The van der Waals surface area contributed by atoms with Crippen LogP contribution in [0.3, 0.4) is 0 Å².